The molecule has 90 valence electrons. The molecule has 4 nitrogen and oxygen atoms in total. The summed E-state index contributed by atoms with van der Waals surface area (Å²) in [5, 5.41) is 0. The van der Waals surface area contributed by atoms with Crippen LogP contribution in [-0.2, 0) is 14.6 Å². The Morgan fingerprint density at radius 3 is 2.47 bits per heavy atom. The smallest absolute Gasteiger partial charge is 0.154 e. The highest BCUT2D eigenvalue weighted by Crippen LogP contribution is 2.44. The van der Waals surface area contributed by atoms with Gasteiger partial charge >= 0.3 is 0 Å². The molecule has 0 aromatic heterocycles. The zero-order chi connectivity index (χ0) is 11.7. The molecule has 1 rings (SSSR count). The summed E-state index contributed by atoms with van der Waals surface area (Å²) in [6.45, 7) is 2.82. The molecule has 0 amide bonds. The predicted molar refractivity (Wildman–Crippen MR) is 60.4 cm³/mol. The molecule has 5 heteroatoms. The molecular weight excluding hydrogens is 214 g/mol. The summed E-state index contributed by atoms with van der Waals surface area (Å²) in [4.78, 5) is 0. The molecule has 1 saturated carbocycles. The van der Waals surface area contributed by atoms with Crippen molar-refractivity contribution < 1.29 is 13.2 Å². The van der Waals surface area contributed by atoms with E-state index >= 15 is 0 Å². The zero-order valence-electron chi connectivity index (χ0n) is 9.69. The van der Waals surface area contributed by atoms with Gasteiger partial charge in [-0.25, -0.2) is 8.42 Å². The van der Waals surface area contributed by atoms with Crippen molar-refractivity contribution in [3.05, 3.63) is 0 Å². The van der Waals surface area contributed by atoms with Crippen molar-refractivity contribution in [1.29, 1.82) is 0 Å². The van der Waals surface area contributed by atoms with Gasteiger partial charge in [-0.3, -0.25) is 0 Å². The van der Waals surface area contributed by atoms with Crippen LogP contribution >= 0.6 is 0 Å². The predicted octanol–water partition coefficient (Wildman–Crippen LogP) is 0.421. The Balaban J connectivity index is 2.93. The number of hydrogen-bond donors (Lipinski definition) is 1. The second kappa shape index (κ2) is 4.39. The molecule has 0 aromatic carbocycles. The molecule has 0 bridgehead atoms. The molecule has 1 aliphatic rings. The third-order valence-electron chi connectivity index (χ3n) is 3.71. The van der Waals surface area contributed by atoms with Crippen molar-refractivity contribution in [3.8, 4) is 0 Å². The van der Waals surface area contributed by atoms with Gasteiger partial charge in [0.2, 0.25) is 0 Å². The summed E-state index contributed by atoms with van der Waals surface area (Å²) in [7, 11) is -1.45. The maximum atomic E-state index is 11.8. The largest absolute Gasteiger partial charge is 0.384 e. The number of sulfone groups is 1. The lowest BCUT2D eigenvalue weighted by molar-refractivity contribution is 0.152. The third-order valence-corrected chi connectivity index (χ3v) is 5.92. The van der Waals surface area contributed by atoms with Crippen LogP contribution in [0.15, 0.2) is 0 Å². The van der Waals surface area contributed by atoms with Crippen molar-refractivity contribution in [3.63, 3.8) is 0 Å². The van der Waals surface area contributed by atoms with E-state index in [0.29, 0.717) is 18.9 Å². The van der Waals surface area contributed by atoms with Crippen LogP contribution in [0.25, 0.3) is 0 Å². The molecule has 0 radical (unpaired) electrons. The minimum Gasteiger partial charge on any atom is -0.384 e. The molecular formula is C10H21NO3S. The van der Waals surface area contributed by atoms with Crippen molar-refractivity contribution in [2.75, 3.05) is 26.5 Å². The first kappa shape index (κ1) is 12.9. The van der Waals surface area contributed by atoms with Gasteiger partial charge in [-0.1, -0.05) is 6.92 Å². The van der Waals surface area contributed by atoms with Crippen LogP contribution in [0, 0.1) is 11.8 Å². The van der Waals surface area contributed by atoms with Gasteiger partial charge in [0.15, 0.2) is 9.84 Å². The Bertz CT molecular complexity index is 315. The van der Waals surface area contributed by atoms with Crippen LogP contribution in [0.5, 0.6) is 0 Å². The quantitative estimate of drug-likeness (QED) is 0.767. The van der Waals surface area contributed by atoms with Gasteiger partial charge < -0.3 is 10.5 Å². The molecule has 1 aliphatic carbocycles. The highest BCUT2D eigenvalue weighted by atomic mass is 32.2. The van der Waals surface area contributed by atoms with Gasteiger partial charge in [0, 0.05) is 26.5 Å². The number of hydrogen-bond acceptors (Lipinski definition) is 4. The Morgan fingerprint density at radius 2 is 2.13 bits per heavy atom. The molecule has 2 N–H and O–H groups in total. The SMILES string of the molecule is COC[C@@H]1C[C@@H](C)[C@@](CN)(S(C)(=O)=O)C1. The summed E-state index contributed by atoms with van der Waals surface area (Å²) >= 11 is 0. The van der Waals surface area contributed by atoms with Crippen LogP contribution in [0.1, 0.15) is 19.8 Å². The Kier molecular flexibility index (Phi) is 3.79. The lowest BCUT2D eigenvalue weighted by Crippen LogP contribution is -2.47. The van der Waals surface area contributed by atoms with Gasteiger partial charge in [-0.15, -0.1) is 0 Å². The van der Waals surface area contributed by atoms with E-state index in [2.05, 4.69) is 0 Å². The van der Waals surface area contributed by atoms with Gasteiger partial charge in [0.05, 0.1) is 4.75 Å². The molecule has 0 unspecified atom stereocenters. The monoisotopic (exact) mass is 235 g/mol. The number of nitrogens with two attached hydrogens (primary N) is 1. The Morgan fingerprint density at radius 1 is 1.53 bits per heavy atom. The van der Waals surface area contributed by atoms with Crippen molar-refractivity contribution >= 4 is 9.84 Å². The number of methoxy groups -OCH3 is 1. The fourth-order valence-corrected chi connectivity index (χ4v) is 4.47. The molecule has 3 atom stereocenters. The lowest BCUT2D eigenvalue weighted by Gasteiger charge is -2.30. The summed E-state index contributed by atoms with van der Waals surface area (Å²) in [6, 6.07) is 0. The Labute approximate surface area is 92.1 Å². The van der Waals surface area contributed by atoms with E-state index in [1.807, 2.05) is 6.92 Å². The molecule has 0 heterocycles. The first-order chi connectivity index (χ1) is 6.87. The maximum Gasteiger partial charge on any atom is 0.154 e. The fourth-order valence-electron chi connectivity index (χ4n) is 2.80. The topological polar surface area (TPSA) is 69.4 Å². The number of ether oxygens (including phenoxy) is 1. The van der Waals surface area contributed by atoms with Crippen LogP contribution in [0.2, 0.25) is 0 Å². The van der Waals surface area contributed by atoms with Crippen molar-refractivity contribution in [2.24, 2.45) is 17.6 Å². The van der Waals surface area contributed by atoms with Gasteiger partial charge in [0.1, 0.15) is 0 Å². The standard InChI is InChI=1S/C10H21NO3S/c1-8-4-9(6-14-2)5-10(8,7-11)15(3,12)13/h8-9H,4-7,11H2,1-3H3/t8-,9-,10-/m1/s1. The second-order valence-electron chi connectivity index (χ2n) is 4.70. The summed E-state index contributed by atoms with van der Waals surface area (Å²) < 4.78 is 28.0. The van der Waals surface area contributed by atoms with Gasteiger partial charge in [-0.2, -0.15) is 0 Å². The highest BCUT2D eigenvalue weighted by molar-refractivity contribution is 7.92. The van der Waals surface area contributed by atoms with E-state index in [-0.39, 0.29) is 12.5 Å². The van der Waals surface area contributed by atoms with Gasteiger partial charge in [0.25, 0.3) is 0 Å². The first-order valence-electron chi connectivity index (χ1n) is 5.26. The highest BCUT2D eigenvalue weighted by Gasteiger charge is 2.51. The molecule has 0 spiro atoms. The normalized spacial score (nSPS) is 37.1. The van der Waals surface area contributed by atoms with Crippen LogP contribution in [0.4, 0.5) is 0 Å². The zero-order valence-corrected chi connectivity index (χ0v) is 10.5. The molecule has 0 saturated heterocycles. The van der Waals surface area contributed by atoms with E-state index in [1.54, 1.807) is 7.11 Å². The summed E-state index contributed by atoms with van der Waals surface area (Å²) in [5.74, 6) is 0.445. The summed E-state index contributed by atoms with van der Waals surface area (Å²) in [6.07, 6.45) is 2.82. The van der Waals surface area contributed by atoms with E-state index in [0.717, 1.165) is 6.42 Å². The van der Waals surface area contributed by atoms with E-state index in [1.165, 1.54) is 6.26 Å². The van der Waals surface area contributed by atoms with Gasteiger partial charge in [-0.05, 0) is 24.7 Å². The average Bonchev–Trinajstić information content (AvgIpc) is 2.43. The first-order valence-corrected chi connectivity index (χ1v) is 7.15. The maximum absolute atomic E-state index is 11.8. The van der Waals surface area contributed by atoms with Crippen molar-refractivity contribution in [1.82, 2.24) is 0 Å². The molecule has 15 heavy (non-hydrogen) atoms. The number of rotatable bonds is 4. The lowest BCUT2D eigenvalue weighted by atomic mass is 9.97. The van der Waals surface area contributed by atoms with Crippen LogP contribution in [0.3, 0.4) is 0 Å². The molecule has 0 aliphatic heterocycles. The second-order valence-corrected chi connectivity index (χ2v) is 7.06. The van der Waals surface area contributed by atoms with Crippen LogP contribution in [-0.4, -0.2) is 39.7 Å². The minimum atomic E-state index is -3.10. The van der Waals surface area contributed by atoms with E-state index < -0.39 is 14.6 Å². The summed E-state index contributed by atoms with van der Waals surface area (Å²) in [5.41, 5.74) is 5.68. The molecule has 0 aromatic rings. The van der Waals surface area contributed by atoms with E-state index in [4.69, 9.17) is 10.5 Å². The van der Waals surface area contributed by atoms with E-state index in [9.17, 15) is 8.42 Å². The third kappa shape index (κ3) is 2.19. The Hall–Kier alpha value is -0.130. The van der Waals surface area contributed by atoms with Crippen LogP contribution < -0.4 is 5.73 Å². The minimum absolute atomic E-state index is 0.123. The average molecular weight is 235 g/mol. The van der Waals surface area contributed by atoms with Crippen molar-refractivity contribution in [2.45, 2.75) is 24.5 Å². The molecule has 1 fully saturated rings. The fraction of sp³-hybridized carbons (Fsp3) is 1.00.